The Kier molecular flexibility index (Phi) is 4.45. The Labute approximate surface area is 160 Å². The zero-order valence-electron chi connectivity index (χ0n) is 15.5. The van der Waals surface area contributed by atoms with Crippen molar-refractivity contribution in [2.45, 2.75) is 38.5 Å². The van der Waals surface area contributed by atoms with Crippen LogP contribution in [0.1, 0.15) is 30.8 Å². The Hall–Kier alpha value is -2.74. The van der Waals surface area contributed by atoms with Crippen molar-refractivity contribution in [1.29, 1.82) is 0 Å². The Morgan fingerprint density at radius 1 is 1.07 bits per heavy atom. The van der Waals surface area contributed by atoms with E-state index in [1.54, 1.807) is 32.6 Å². The fraction of sp³-hybridized carbons (Fsp3) is 0.350. The third kappa shape index (κ3) is 3.64. The Morgan fingerprint density at radius 3 is 2.68 bits per heavy atom. The molecule has 0 aliphatic carbocycles. The Balaban J connectivity index is 1.64. The fourth-order valence-electron chi connectivity index (χ4n) is 3.39. The molecule has 1 aromatic carbocycles. The average molecular weight is 388 g/mol. The zero-order chi connectivity index (χ0) is 19.9. The molecule has 4 rings (SSSR count). The van der Waals surface area contributed by atoms with Gasteiger partial charge in [0.1, 0.15) is 12.2 Å². The van der Waals surface area contributed by atoms with Gasteiger partial charge in [0, 0.05) is 29.8 Å². The van der Waals surface area contributed by atoms with Gasteiger partial charge in [-0.2, -0.15) is 0 Å². The van der Waals surface area contributed by atoms with E-state index < -0.39 is 18.4 Å². The van der Waals surface area contributed by atoms with Crippen LogP contribution in [0.2, 0.25) is 0 Å². The maximum Gasteiger partial charge on any atom is 0.522 e. The quantitative estimate of drug-likeness (QED) is 0.671. The second-order valence-electron chi connectivity index (χ2n) is 7.54. The zero-order valence-corrected chi connectivity index (χ0v) is 15.5. The van der Waals surface area contributed by atoms with E-state index in [9.17, 15) is 13.2 Å². The Morgan fingerprint density at radius 2 is 1.89 bits per heavy atom. The summed E-state index contributed by atoms with van der Waals surface area (Å²) >= 11 is 0. The van der Waals surface area contributed by atoms with E-state index in [2.05, 4.69) is 26.0 Å². The van der Waals surface area contributed by atoms with E-state index in [-0.39, 0.29) is 0 Å². The lowest BCUT2D eigenvalue weighted by Gasteiger charge is -2.26. The van der Waals surface area contributed by atoms with Crippen LogP contribution in [0.4, 0.5) is 13.2 Å². The third-order valence-corrected chi connectivity index (χ3v) is 5.03. The lowest BCUT2D eigenvalue weighted by molar-refractivity contribution is -0.329. The smallest absolute Gasteiger partial charge is 0.291 e. The van der Waals surface area contributed by atoms with Crippen LogP contribution in [0.15, 0.2) is 43.0 Å². The van der Waals surface area contributed by atoms with Crippen LogP contribution in [-0.4, -0.2) is 32.7 Å². The highest BCUT2D eigenvalue weighted by molar-refractivity contribution is 5.67. The van der Waals surface area contributed by atoms with Crippen LogP contribution in [0, 0.1) is 0 Å². The molecule has 1 aliphatic rings. The number of aromatic nitrogens is 4. The van der Waals surface area contributed by atoms with Crippen molar-refractivity contribution in [2.24, 2.45) is 0 Å². The first-order valence-electron chi connectivity index (χ1n) is 8.92. The van der Waals surface area contributed by atoms with Crippen molar-refractivity contribution in [3.8, 4) is 16.8 Å². The summed E-state index contributed by atoms with van der Waals surface area (Å²) in [6.07, 6.45) is 2.04. The first kappa shape index (κ1) is 18.6. The van der Waals surface area contributed by atoms with Crippen LogP contribution in [-0.2, 0) is 23.0 Å². The monoisotopic (exact) mass is 388 g/mol. The van der Waals surface area contributed by atoms with Crippen LogP contribution in [0.3, 0.4) is 0 Å². The second-order valence-corrected chi connectivity index (χ2v) is 7.54. The molecule has 0 radical (unpaired) electrons. The third-order valence-electron chi connectivity index (χ3n) is 5.03. The molecule has 0 fully saturated rings. The van der Waals surface area contributed by atoms with Crippen molar-refractivity contribution >= 4 is 0 Å². The second kappa shape index (κ2) is 6.70. The standard InChI is InChI=1S/C20H19F3N4O/c1-19(2,11-28-20(21,22)23)16-8-15(9-24-10-16)13-3-5-17-14(7-13)4-6-18-26-25-12-27(17)18/h3,5,7-10,12H,4,6,11H2,1-2H3. The summed E-state index contributed by atoms with van der Waals surface area (Å²) in [7, 11) is 0. The van der Waals surface area contributed by atoms with E-state index in [4.69, 9.17) is 0 Å². The molecule has 0 bridgehead atoms. The molecule has 28 heavy (non-hydrogen) atoms. The molecule has 3 aromatic rings. The number of alkyl halides is 3. The minimum atomic E-state index is -4.65. The molecule has 0 amide bonds. The van der Waals surface area contributed by atoms with Gasteiger partial charge in [-0.15, -0.1) is 23.4 Å². The molecular weight excluding hydrogens is 369 g/mol. The predicted molar refractivity (Wildman–Crippen MR) is 97.0 cm³/mol. The molecule has 0 saturated carbocycles. The lowest BCUT2D eigenvalue weighted by atomic mass is 9.85. The lowest BCUT2D eigenvalue weighted by Crippen LogP contribution is -2.29. The number of fused-ring (bicyclic) bond motifs is 3. The van der Waals surface area contributed by atoms with E-state index in [0.29, 0.717) is 5.56 Å². The van der Waals surface area contributed by atoms with E-state index in [0.717, 1.165) is 35.5 Å². The van der Waals surface area contributed by atoms with Gasteiger partial charge in [0.15, 0.2) is 0 Å². The highest BCUT2D eigenvalue weighted by Gasteiger charge is 2.33. The molecule has 0 spiro atoms. The summed E-state index contributed by atoms with van der Waals surface area (Å²) in [4.78, 5) is 4.25. The van der Waals surface area contributed by atoms with Gasteiger partial charge >= 0.3 is 6.36 Å². The molecule has 0 unspecified atom stereocenters. The van der Waals surface area contributed by atoms with E-state index in [1.807, 2.05) is 22.8 Å². The van der Waals surface area contributed by atoms with Gasteiger partial charge in [-0.3, -0.25) is 14.3 Å². The summed E-state index contributed by atoms with van der Waals surface area (Å²) < 4.78 is 43.4. The minimum Gasteiger partial charge on any atom is -0.291 e. The topological polar surface area (TPSA) is 52.8 Å². The number of hydrogen-bond acceptors (Lipinski definition) is 4. The highest BCUT2D eigenvalue weighted by atomic mass is 19.4. The SMILES string of the molecule is CC(C)(COC(F)(F)F)c1cncc(-c2ccc3c(c2)CCc2nncn2-3)c1. The molecule has 2 aromatic heterocycles. The minimum absolute atomic E-state index is 0.470. The normalized spacial score (nSPS) is 13.9. The number of pyridine rings is 1. The summed E-state index contributed by atoms with van der Waals surface area (Å²) in [6, 6.07) is 7.97. The molecule has 0 N–H and O–H groups in total. The van der Waals surface area contributed by atoms with Gasteiger partial charge in [0.05, 0.1) is 12.3 Å². The van der Waals surface area contributed by atoms with Gasteiger partial charge < -0.3 is 0 Å². The number of nitrogens with zero attached hydrogens (tertiary/aromatic N) is 4. The first-order valence-corrected chi connectivity index (χ1v) is 8.92. The largest absolute Gasteiger partial charge is 0.522 e. The van der Waals surface area contributed by atoms with Crippen LogP contribution >= 0.6 is 0 Å². The highest BCUT2D eigenvalue weighted by Crippen LogP contribution is 2.32. The first-order chi connectivity index (χ1) is 13.2. The van der Waals surface area contributed by atoms with Gasteiger partial charge in [-0.05, 0) is 41.3 Å². The molecule has 0 saturated heterocycles. The van der Waals surface area contributed by atoms with Gasteiger partial charge in [0.25, 0.3) is 0 Å². The summed E-state index contributed by atoms with van der Waals surface area (Å²) in [5.41, 5.74) is 3.91. The molecular formula is C20H19F3N4O. The summed E-state index contributed by atoms with van der Waals surface area (Å²) in [6.45, 7) is 2.95. The molecule has 8 heteroatoms. The van der Waals surface area contributed by atoms with Crippen molar-refractivity contribution in [3.63, 3.8) is 0 Å². The maximum atomic E-state index is 12.4. The summed E-state index contributed by atoms with van der Waals surface area (Å²) in [5, 5.41) is 8.09. The molecule has 146 valence electrons. The molecule has 3 heterocycles. The van der Waals surface area contributed by atoms with E-state index in [1.165, 1.54) is 5.56 Å². The van der Waals surface area contributed by atoms with E-state index >= 15 is 0 Å². The molecule has 5 nitrogen and oxygen atoms in total. The van der Waals surface area contributed by atoms with Crippen LogP contribution in [0.5, 0.6) is 0 Å². The van der Waals surface area contributed by atoms with Crippen LogP contribution < -0.4 is 0 Å². The van der Waals surface area contributed by atoms with Crippen LogP contribution in [0.25, 0.3) is 16.8 Å². The number of hydrogen-bond donors (Lipinski definition) is 0. The number of ether oxygens (including phenoxy) is 1. The number of halogens is 3. The Bertz CT molecular complexity index is 1010. The predicted octanol–water partition coefficient (Wildman–Crippen LogP) is 4.24. The number of benzene rings is 1. The van der Waals surface area contributed by atoms with Crippen molar-refractivity contribution in [3.05, 3.63) is 59.9 Å². The average Bonchev–Trinajstić information content (AvgIpc) is 3.15. The number of aryl methyl sites for hydroxylation is 2. The summed E-state index contributed by atoms with van der Waals surface area (Å²) in [5.74, 6) is 0.940. The van der Waals surface area contributed by atoms with Crippen molar-refractivity contribution in [1.82, 2.24) is 19.7 Å². The van der Waals surface area contributed by atoms with Gasteiger partial charge in [-0.25, -0.2) is 0 Å². The fourth-order valence-corrected chi connectivity index (χ4v) is 3.39. The van der Waals surface area contributed by atoms with Gasteiger partial charge in [0.2, 0.25) is 0 Å². The maximum absolute atomic E-state index is 12.4. The van der Waals surface area contributed by atoms with Gasteiger partial charge in [-0.1, -0.05) is 19.9 Å². The number of rotatable bonds is 4. The molecule has 1 aliphatic heterocycles. The van der Waals surface area contributed by atoms with Crippen molar-refractivity contribution < 1.29 is 17.9 Å². The molecule has 0 atom stereocenters. The van der Waals surface area contributed by atoms with Crippen molar-refractivity contribution in [2.75, 3.05) is 6.61 Å².